The number of carbonyl (C=O) groups excluding carboxylic acids is 1. The Kier molecular flexibility index (Phi) is 4.87. The number of halogens is 1. The van der Waals surface area contributed by atoms with Crippen LogP contribution in [0.25, 0.3) is 0 Å². The van der Waals surface area contributed by atoms with E-state index in [1.54, 1.807) is 42.5 Å². The van der Waals surface area contributed by atoms with Gasteiger partial charge in [-0.05, 0) is 30.3 Å². The minimum Gasteiger partial charge on any atom is -0.320 e. The predicted octanol–water partition coefficient (Wildman–Crippen LogP) is 3.10. The second-order valence-electron chi connectivity index (χ2n) is 4.71. The smallest absolute Gasteiger partial charge is 0.255 e. The first-order valence-corrected chi connectivity index (χ1v) is 9.03. The van der Waals surface area contributed by atoms with Crippen molar-refractivity contribution in [3.8, 4) is 0 Å². The zero-order valence-electron chi connectivity index (χ0n) is 12.1. The summed E-state index contributed by atoms with van der Waals surface area (Å²) in [5, 5.41) is 2.75. The molecule has 2 rings (SSSR count). The molecule has 0 aliphatic rings. The third-order valence-electron chi connectivity index (χ3n) is 3.08. The molecule has 0 radical (unpaired) electrons. The van der Waals surface area contributed by atoms with Crippen LogP contribution in [0, 0.1) is 0 Å². The average molecular weight is 383 g/mol. The van der Waals surface area contributed by atoms with E-state index < -0.39 is 10.0 Å². The number of sulfonamides is 1. The van der Waals surface area contributed by atoms with E-state index in [0.717, 1.165) is 15.0 Å². The Morgan fingerprint density at radius 2 is 1.77 bits per heavy atom. The van der Waals surface area contributed by atoms with Crippen LogP contribution in [-0.4, -0.2) is 27.6 Å². The fourth-order valence-corrected chi connectivity index (χ4v) is 2.72. The molecule has 7 heteroatoms. The lowest BCUT2D eigenvalue weighted by Gasteiger charge is -2.20. The Labute approximate surface area is 138 Å². The molecule has 0 saturated heterocycles. The average Bonchev–Trinajstić information content (AvgIpc) is 2.47. The summed E-state index contributed by atoms with van der Waals surface area (Å²) in [6.45, 7) is 0. The molecule has 5 nitrogen and oxygen atoms in total. The molecular formula is C15H15BrN2O3S. The van der Waals surface area contributed by atoms with Crippen molar-refractivity contribution in [1.82, 2.24) is 0 Å². The van der Waals surface area contributed by atoms with E-state index in [0.29, 0.717) is 16.9 Å². The van der Waals surface area contributed by atoms with E-state index >= 15 is 0 Å². The molecule has 0 saturated carbocycles. The van der Waals surface area contributed by atoms with Crippen LogP contribution in [0.2, 0.25) is 0 Å². The molecule has 116 valence electrons. The highest BCUT2D eigenvalue weighted by Crippen LogP contribution is 2.30. The summed E-state index contributed by atoms with van der Waals surface area (Å²) in [4.78, 5) is 12.3. The van der Waals surface area contributed by atoms with Crippen LogP contribution in [0.3, 0.4) is 0 Å². The highest BCUT2D eigenvalue weighted by Gasteiger charge is 2.17. The van der Waals surface area contributed by atoms with Gasteiger partial charge in [-0.2, -0.15) is 0 Å². The van der Waals surface area contributed by atoms with Gasteiger partial charge in [0.25, 0.3) is 5.91 Å². The van der Waals surface area contributed by atoms with Crippen LogP contribution in [0.15, 0.2) is 53.0 Å². The summed E-state index contributed by atoms with van der Waals surface area (Å²) in [5.41, 5.74) is 1.31. The van der Waals surface area contributed by atoms with Crippen LogP contribution >= 0.6 is 15.9 Å². The summed E-state index contributed by atoms with van der Waals surface area (Å²) in [5.74, 6) is -0.304. The number of nitrogens with one attached hydrogen (secondary N) is 1. The number of carbonyl (C=O) groups is 1. The third-order valence-corrected chi connectivity index (χ3v) is 4.76. The Balaban J connectivity index is 2.38. The van der Waals surface area contributed by atoms with Gasteiger partial charge in [0, 0.05) is 17.1 Å². The maximum absolute atomic E-state index is 12.3. The summed E-state index contributed by atoms with van der Waals surface area (Å²) in [6.07, 6.45) is 1.11. The van der Waals surface area contributed by atoms with Crippen molar-refractivity contribution in [2.45, 2.75) is 0 Å². The molecule has 0 spiro atoms. The Bertz CT molecular complexity index is 792. The molecule has 0 heterocycles. The Hall–Kier alpha value is -1.86. The summed E-state index contributed by atoms with van der Waals surface area (Å²) in [7, 11) is -1.98. The van der Waals surface area contributed by atoms with Crippen LogP contribution in [-0.2, 0) is 10.0 Å². The minimum atomic E-state index is -3.42. The molecule has 0 aromatic heterocycles. The fraction of sp³-hybridized carbons (Fsp3) is 0.133. The number of hydrogen-bond acceptors (Lipinski definition) is 3. The lowest BCUT2D eigenvalue weighted by Crippen LogP contribution is -2.26. The van der Waals surface area contributed by atoms with Crippen molar-refractivity contribution in [2.75, 3.05) is 22.9 Å². The fourth-order valence-electron chi connectivity index (χ4n) is 1.85. The van der Waals surface area contributed by atoms with Gasteiger partial charge in [0.2, 0.25) is 10.0 Å². The molecule has 0 unspecified atom stereocenters. The quantitative estimate of drug-likeness (QED) is 0.883. The van der Waals surface area contributed by atoms with Crippen LogP contribution in [0.5, 0.6) is 0 Å². The van der Waals surface area contributed by atoms with Crippen LogP contribution in [0.4, 0.5) is 11.4 Å². The molecule has 2 aromatic carbocycles. The van der Waals surface area contributed by atoms with Crippen molar-refractivity contribution in [3.05, 3.63) is 58.6 Å². The Morgan fingerprint density at radius 3 is 2.36 bits per heavy atom. The molecule has 0 bridgehead atoms. The van der Waals surface area contributed by atoms with E-state index in [9.17, 15) is 13.2 Å². The van der Waals surface area contributed by atoms with Crippen molar-refractivity contribution < 1.29 is 13.2 Å². The van der Waals surface area contributed by atoms with Crippen molar-refractivity contribution in [3.63, 3.8) is 0 Å². The van der Waals surface area contributed by atoms with Gasteiger partial charge in [-0.1, -0.05) is 34.1 Å². The molecule has 0 aliphatic carbocycles. The number of nitrogens with zero attached hydrogens (tertiary/aromatic N) is 1. The molecule has 0 aliphatic heterocycles. The molecule has 22 heavy (non-hydrogen) atoms. The number of anilines is 2. The van der Waals surface area contributed by atoms with Gasteiger partial charge in [-0.3, -0.25) is 9.10 Å². The van der Waals surface area contributed by atoms with E-state index in [1.807, 2.05) is 6.07 Å². The van der Waals surface area contributed by atoms with E-state index in [4.69, 9.17) is 0 Å². The number of hydrogen-bond donors (Lipinski definition) is 1. The monoisotopic (exact) mass is 382 g/mol. The van der Waals surface area contributed by atoms with Crippen molar-refractivity contribution in [2.24, 2.45) is 0 Å². The van der Waals surface area contributed by atoms with Gasteiger partial charge in [0.1, 0.15) is 0 Å². The number of rotatable bonds is 4. The van der Waals surface area contributed by atoms with E-state index in [2.05, 4.69) is 21.2 Å². The SMILES string of the molecule is CN(c1ccc(Br)cc1NC(=O)c1ccccc1)S(C)(=O)=O. The zero-order valence-corrected chi connectivity index (χ0v) is 14.5. The third kappa shape index (κ3) is 3.86. The highest BCUT2D eigenvalue weighted by atomic mass is 79.9. The minimum absolute atomic E-state index is 0.304. The highest BCUT2D eigenvalue weighted by molar-refractivity contribution is 9.10. The number of amides is 1. The first-order valence-electron chi connectivity index (χ1n) is 6.39. The lowest BCUT2D eigenvalue weighted by molar-refractivity contribution is 0.102. The Morgan fingerprint density at radius 1 is 1.14 bits per heavy atom. The van der Waals surface area contributed by atoms with Crippen molar-refractivity contribution >= 4 is 43.2 Å². The zero-order chi connectivity index (χ0) is 16.3. The van der Waals surface area contributed by atoms with E-state index in [-0.39, 0.29) is 5.91 Å². The summed E-state index contributed by atoms with van der Waals surface area (Å²) in [6, 6.07) is 13.7. The maximum atomic E-state index is 12.3. The maximum Gasteiger partial charge on any atom is 0.255 e. The largest absolute Gasteiger partial charge is 0.320 e. The molecule has 0 fully saturated rings. The molecule has 0 atom stereocenters. The van der Waals surface area contributed by atoms with Gasteiger partial charge in [0.15, 0.2) is 0 Å². The standard InChI is InChI=1S/C15H15BrN2O3S/c1-18(22(2,20)21)14-9-8-12(16)10-13(14)17-15(19)11-6-4-3-5-7-11/h3-10H,1-2H3,(H,17,19). The summed E-state index contributed by atoms with van der Waals surface area (Å²) >= 11 is 3.32. The first-order chi connectivity index (χ1) is 10.3. The summed E-state index contributed by atoms with van der Waals surface area (Å²) < 4.78 is 25.3. The van der Waals surface area contributed by atoms with Gasteiger partial charge >= 0.3 is 0 Å². The molecule has 1 amide bonds. The number of benzene rings is 2. The topological polar surface area (TPSA) is 66.5 Å². The van der Waals surface area contributed by atoms with E-state index in [1.165, 1.54) is 7.05 Å². The molecule has 1 N–H and O–H groups in total. The first kappa shape index (κ1) is 16.5. The second kappa shape index (κ2) is 6.50. The van der Waals surface area contributed by atoms with Crippen LogP contribution < -0.4 is 9.62 Å². The molecule has 2 aromatic rings. The van der Waals surface area contributed by atoms with Gasteiger partial charge in [-0.15, -0.1) is 0 Å². The van der Waals surface area contributed by atoms with Gasteiger partial charge in [0.05, 0.1) is 17.6 Å². The van der Waals surface area contributed by atoms with Crippen LogP contribution in [0.1, 0.15) is 10.4 Å². The van der Waals surface area contributed by atoms with Gasteiger partial charge < -0.3 is 5.32 Å². The normalized spacial score (nSPS) is 11.0. The predicted molar refractivity (Wildman–Crippen MR) is 91.8 cm³/mol. The van der Waals surface area contributed by atoms with Gasteiger partial charge in [-0.25, -0.2) is 8.42 Å². The molecular weight excluding hydrogens is 368 g/mol. The second-order valence-corrected chi connectivity index (χ2v) is 7.64. The lowest BCUT2D eigenvalue weighted by atomic mass is 10.2. The van der Waals surface area contributed by atoms with Crippen molar-refractivity contribution in [1.29, 1.82) is 0 Å².